The summed E-state index contributed by atoms with van der Waals surface area (Å²) in [5, 5.41) is 36.4. The second-order valence-electron chi connectivity index (χ2n) is 9.34. The van der Waals surface area contributed by atoms with Crippen molar-refractivity contribution in [1.29, 1.82) is 0 Å². The minimum atomic E-state index is -1.43. The van der Waals surface area contributed by atoms with Crippen LogP contribution in [-0.2, 0) is 16.0 Å². The quantitative estimate of drug-likeness (QED) is 0.295. The van der Waals surface area contributed by atoms with Gasteiger partial charge in [-0.05, 0) is 57.0 Å². The van der Waals surface area contributed by atoms with Crippen molar-refractivity contribution < 1.29 is 33.6 Å². The van der Waals surface area contributed by atoms with Crippen molar-refractivity contribution in [3.05, 3.63) is 59.2 Å². The topological polar surface area (TPSA) is 111 Å². The van der Waals surface area contributed by atoms with Gasteiger partial charge in [0.05, 0.1) is 17.5 Å². The smallest absolute Gasteiger partial charge is 0.237 e. The first kappa shape index (κ1) is 30.0. The first-order valence-electron chi connectivity index (χ1n) is 12.3. The number of aliphatic hydroxyl groups is 3. The highest BCUT2D eigenvalue weighted by atomic mass is 35.5. The van der Waals surface area contributed by atoms with E-state index in [4.69, 9.17) is 16.3 Å². The van der Waals surface area contributed by atoms with E-state index in [-0.39, 0.29) is 5.91 Å². The summed E-state index contributed by atoms with van der Waals surface area (Å²) in [5.74, 6) is -1.46. The van der Waals surface area contributed by atoms with E-state index in [0.717, 1.165) is 11.6 Å². The van der Waals surface area contributed by atoms with Crippen molar-refractivity contribution in [2.24, 2.45) is 0 Å². The van der Waals surface area contributed by atoms with Gasteiger partial charge in [0.25, 0.3) is 0 Å². The lowest BCUT2D eigenvalue weighted by molar-refractivity contribution is -0.205. The van der Waals surface area contributed by atoms with E-state index < -0.39 is 58.9 Å². The Hall–Kier alpha value is -1.53. The molecule has 1 aromatic carbocycles. The molecule has 0 saturated carbocycles. The van der Waals surface area contributed by atoms with Crippen molar-refractivity contribution >= 4 is 29.3 Å². The third-order valence-corrected chi connectivity index (χ3v) is 7.79. The molecule has 1 saturated heterocycles. The van der Waals surface area contributed by atoms with Crippen LogP contribution < -0.4 is 10.6 Å². The minimum absolute atomic E-state index is 0.317. The Morgan fingerprint density at radius 3 is 2.73 bits per heavy atom. The molecule has 5 N–H and O–H groups in total. The number of rotatable bonds is 9. The van der Waals surface area contributed by atoms with Gasteiger partial charge in [-0.1, -0.05) is 29.9 Å². The third kappa shape index (κ3) is 7.98. The number of alkyl halides is 1. The molecule has 2 heterocycles. The number of amides is 1. The van der Waals surface area contributed by atoms with E-state index in [1.54, 1.807) is 13.2 Å². The normalized spacial score (nSPS) is 30.4. The van der Waals surface area contributed by atoms with Gasteiger partial charge < -0.3 is 30.7 Å². The maximum Gasteiger partial charge on any atom is 0.237 e. The van der Waals surface area contributed by atoms with E-state index >= 15 is 0 Å². The molecule has 1 amide bonds. The summed E-state index contributed by atoms with van der Waals surface area (Å²) in [6.45, 7) is 2.22. The molecule has 1 fully saturated rings. The Bertz CT molecular complexity index is 980. The number of carbonyl (C=O) groups is 1. The molecule has 0 spiro atoms. The Morgan fingerprint density at radius 2 is 2.05 bits per heavy atom. The second-order valence-corrected chi connectivity index (χ2v) is 11.0. The standard InChI is InChI=1S/C26H35ClF2N2O5S/c1-14(27)20(24-22(33)21(32)23(34)26(36-24)37-2)31-25(35)19-10-7-15(11-12-30-19)5-3-4-6-16-8-9-17(28)13-18(16)29/h3,5,7-9,13-14,19-24,26,30,32-34H,4,6,10-12H2,1-2H3,(H,31,35)/b5-3+. The highest BCUT2D eigenvalue weighted by Gasteiger charge is 2.48. The molecule has 206 valence electrons. The molecule has 8 atom stereocenters. The number of aliphatic hydroxyl groups excluding tert-OH is 3. The molecule has 0 radical (unpaired) electrons. The van der Waals surface area contributed by atoms with Crippen molar-refractivity contribution in [3.8, 4) is 0 Å². The lowest BCUT2D eigenvalue weighted by atomic mass is 9.93. The molecule has 0 aliphatic carbocycles. The summed E-state index contributed by atoms with van der Waals surface area (Å²) in [5.41, 5.74) is 0.724. The number of benzene rings is 1. The summed E-state index contributed by atoms with van der Waals surface area (Å²) in [4.78, 5) is 13.1. The van der Waals surface area contributed by atoms with Gasteiger partial charge in [-0.2, -0.15) is 0 Å². The number of thioether (sulfide) groups is 1. The molecule has 11 heteroatoms. The van der Waals surface area contributed by atoms with E-state index in [1.165, 1.54) is 23.9 Å². The molecule has 3 rings (SSSR count). The molecule has 0 bridgehead atoms. The first-order chi connectivity index (χ1) is 17.6. The van der Waals surface area contributed by atoms with Crippen molar-refractivity contribution in [2.75, 3.05) is 12.8 Å². The fraction of sp³-hybridized carbons (Fsp3) is 0.577. The third-order valence-electron chi connectivity index (χ3n) is 6.66. The highest BCUT2D eigenvalue weighted by molar-refractivity contribution is 7.99. The zero-order valence-corrected chi connectivity index (χ0v) is 22.4. The molecule has 8 unspecified atom stereocenters. The average Bonchev–Trinajstić information content (AvgIpc) is 3.11. The monoisotopic (exact) mass is 560 g/mol. The van der Waals surface area contributed by atoms with Crippen molar-refractivity contribution in [1.82, 2.24) is 10.6 Å². The zero-order valence-electron chi connectivity index (χ0n) is 20.8. The molecule has 2 aliphatic heterocycles. The van der Waals surface area contributed by atoms with Crippen molar-refractivity contribution in [2.45, 2.75) is 79.9 Å². The summed E-state index contributed by atoms with van der Waals surface area (Å²) in [7, 11) is 0. The Kier molecular flexibility index (Phi) is 11.4. The number of nitrogens with one attached hydrogen (secondary N) is 2. The lowest BCUT2D eigenvalue weighted by Gasteiger charge is -2.44. The van der Waals surface area contributed by atoms with Crippen LogP contribution in [0, 0.1) is 11.6 Å². The van der Waals surface area contributed by atoms with Gasteiger partial charge in [-0.15, -0.1) is 23.4 Å². The first-order valence-corrected chi connectivity index (χ1v) is 14.0. The Balaban J connectivity index is 1.57. The van der Waals surface area contributed by atoms with E-state index in [1.807, 2.05) is 18.2 Å². The number of carbonyl (C=O) groups excluding carboxylic acids is 1. The average molecular weight is 561 g/mol. The number of allylic oxidation sites excluding steroid dienone is 2. The number of ether oxygens (including phenoxy) is 1. The lowest BCUT2D eigenvalue weighted by Crippen LogP contribution is -2.65. The minimum Gasteiger partial charge on any atom is -0.388 e. The maximum atomic E-state index is 13.8. The van der Waals surface area contributed by atoms with Crippen LogP contribution >= 0.6 is 23.4 Å². The summed E-state index contributed by atoms with van der Waals surface area (Å²) in [6.07, 6.45) is 4.61. The predicted molar refractivity (Wildman–Crippen MR) is 140 cm³/mol. The predicted octanol–water partition coefficient (Wildman–Crippen LogP) is 2.41. The highest BCUT2D eigenvalue weighted by Crippen LogP contribution is 2.30. The van der Waals surface area contributed by atoms with Crippen LogP contribution in [-0.4, -0.2) is 81.3 Å². The molecular formula is C26H35ClF2N2O5S. The van der Waals surface area contributed by atoms with Gasteiger partial charge in [-0.25, -0.2) is 8.78 Å². The molecule has 1 aromatic rings. The molecule has 37 heavy (non-hydrogen) atoms. The van der Waals surface area contributed by atoms with Crippen LogP contribution in [0.15, 0.2) is 42.0 Å². The van der Waals surface area contributed by atoms with Crippen LogP contribution in [0.25, 0.3) is 0 Å². The fourth-order valence-electron chi connectivity index (χ4n) is 4.48. The van der Waals surface area contributed by atoms with Crippen LogP contribution in [0.4, 0.5) is 8.78 Å². The number of halogens is 3. The Labute approximate surface area is 225 Å². The van der Waals surface area contributed by atoms with Crippen LogP contribution in [0.1, 0.15) is 31.7 Å². The second kappa shape index (κ2) is 14.0. The Morgan fingerprint density at radius 1 is 1.30 bits per heavy atom. The maximum absolute atomic E-state index is 13.8. The van der Waals surface area contributed by atoms with Gasteiger partial charge in [-0.3, -0.25) is 4.79 Å². The van der Waals surface area contributed by atoms with Crippen LogP contribution in [0.3, 0.4) is 0 Å². The van der Waals surface area contributed by atoms with Gasteiger partial charge in [0.1, 0.15) is 41.5 Å². The van der Waals surface area contributed by atoms with Crippen LogP contribution in [0.5, 0.6) is 0 Å². The van der Waals surface area contributed by atoms with Crippen LogP contribution in [0.2, 0.25) is 0 Å². The summed E-state index contributed by atoms with van der Waals surface area (Å²) < 4.78 is 32.6. The summed E-state index contributed by atoms with van der Waals surface area (Å²) >= 11 is 7.54. The fourth-order valence-corrected chi connectivity index (χ4v) is 5.37. The van der Waals surface area contributed by atoms with Gasteiger partial charge in [0, 0.05) is 6.07 Å². The number of hydrogen-bond acceptors (Lipinski definition) is 7. The van der Waals surface area contributed by atoms with E-state index in [0.29, 0.717) is 37.8 Å². The number of aryl methyl sites for hydroxylation is 1. The van der Waals surface area contributed by atoms with Crippen molar-refractivity contribution in [3.63, 3.8) is 0 Å². The van der Waals surface area contributed by atoms with E-state index in [2.05, 4.69) is 10.6 Å². The summed E-state index contributed by atoms with van der Waals surface area (Å²) in [6, 6.07) is 2.24. The van der Waals surface area contributed by atoms with Gasteiger partial charge in [0.15, 0.2) is 0 Å². The molecular weight excluding hydrogens is 526 g/mol. The zero-order chi connectivity index (χ0) is 27.1. The molecule has 0 aromatic heterocycles. The van der Waals surface area contributed by atoms with E-state index in [9.17, 15) is 28.9 Å². The van der Waals surface area contributed by atoms with Gasteiger partial charge >= 0.3 is 0 Å². The SMILES string of the molecule is CSC1OC(C(NC(=O)C2CC=C(/C=C/CCc3ccc(F)cc3F)CCN2)C(C)Cl)C(O)C(O)C1O. The van der Waals surface area contributed by atoms with Gasteiger partial charge in [0.2, 0.25) is 5.91 Å². The number of hydrogen-bond donors (Lipinski definition) is 5. The molecule has 7 nitrogen and oxygen atoms in total. The largest absolute Gasteiger partial charge is 0.388 e. The molecule has 2 aliphatic rings.